The van der Waals surface area contributed by atoms with Gasteiger partial charge in [0.2, 0.25) is 5.91 Å². The Balaban J connectivity index is 2.85. The van der Waals surface area contributed by atoms with Crippen molar-refractivity contribution in [3.8, 4) is 0 Å². The quantitative estimate of drug-likeness (QED) is 0.543. The lowest BCUT2D eigenvalue weighted by molar-refractivity contribution is -0.152. The highest BCUT2D eigenvalue weighted by Crippen LogP contribution is 2.17. The molecule has 0 bridgehead atoms. The molecule has 0 aromatic heterocycles. The Labute approximate surface area is 178 Å². The maximum absolute atomic E-state index is 12.5. The molecule has 0 radical (unpaired) electrons. The van der Waals surface area contributed by atoms with Gasteiger partial charge in [-0.25, -0.2) is 4.79 Å². The molecule has 4 atom stereocenters. The highest BCUT2D eigenvalue weighted by atomic mass is 32.2. The van der Waals surface area contributed by atoms with Gasteiger partial charge in [0.25, 0.3) is 0 Å². The summed E-state index contributed by atoms with van der Waals surface area (Å²) in [5.74, 6) is -0.0499. The van der Waals surface area contributed by atoms with Crippen LogP contribution in [-0.2, 0) is 28.6 Å². The molecule has 0 spiro atoms. The minimum atomic E-state index is -0.673. The number of rotatable bonds is 4. The summed E-state index contributed by atoms with van der Waals surface area (Å²) in [4.78, 5) is 36.7. The summed E-state index contributed by atoms with van der Waals surface area (Å²) in [5, 5.41) is 2.77. The van der Waals surface area contributed by atoms with Crippen molar-refractivity contribution in [2.24, 2.45) is 11.8 Å². The zero-order chi connectivity index (χ0) is 21.6. The van der Waals surface area contributed by atoms with Gasteiger partial charge in [-0.1, -0.05) is 26.0 Å². The molecule has 0 unspecified atom stereocenters. The summed E-state index contributed by atoms with van der Waals surface area (Å²) in [6, 6.07) is -0.673. The number of carbonyl (C=O) groups excluding carboxylic acids is 3. The Bertz CT molecular complexity index is 553. The number of esters is 2. The maximum atomic E-state index is 12.5. The van der Waals surface area contributed by atoms with Gasteiger partial charge in [0, 0.05) is 25.9 Å². The molecule has 1 amide bonds. The molecule has 7 nitrogen and oxygen atoms in total. The predicted octanol–water partition coefficient (Wildman–Crippen LogP) is 2.73. The Morgan fingerprint density at radius 1 is 1.21 bits per heavy atom. The first-order chi connectivity index (χ1) is 13.9. The van der Waals surface area contributed by atoms with Crippen molar-refractivity contribution in [2.45, 2.75) is 58.1 Å². The molecule has 0 fully saturated rings. The summed E-state index contributed by atoms with van der Waals surface area (Å²) < 4.78 is 16.2. The van der Waals surface area contributed by atoms with Gasteiger partial charge >= 0.3 is 11.9 Å². The smallest absolute Gasteiger partial charge is 0.328 e. The van der Waals surface area contributed by atoms with Crippen LogP contribution < -0.4 is 5.32 Å². The van der Waals surface area contributed by atoms with Crippen molar-refractivity contribution in [2.75, 3.05) is 32.3 Å². The standard InChI is InChI=1S/C21H35NO6S/c1-15-7-5-9-19(23)22-17(11-12-29-4)21(25)28-14-18(26-3)16(2)8-6-10-20(24)27-13-15/h5,7,15-18H,6,8-14H2,1-4H3,(H,22,23)/b7-5-/t15-,16-,17-,18-/m1/s1. The second-order valence-electron chi connectivity index (χ2n) is 7.47. The normalized spacial score (nSPS) is 29.7. The average molecular weight is 430 g/mol. The van der Waals surface area contributed by atoms with Gasteiger partial charge in [0.15, 0.2) is 0 Å². The van der Waals surface area contributed by atoms with Crippen LogP contribution in [0.3, 0.4) is 0 Å². The van der Waals surface area contributed by atoms with E-state index in [0.717, 1.165) is 12.2 Å². The zero-order valence-corrected chi connectivity index (χ0v) is 18.8. The maximum Gasteiger partial charge on any atom is 0.328 e. The molecule has 0 aliphatic carbocycles. The van der Waals surface area contributed by atoms with Crippen molar-refractivity contribution >= 4 is 29.6 Å². The van der Waals surface area contributed by atoms with Crippen LogP contribution in [0.2, 0.25) is 0 Å². The number of cyclic esters (lactones) is 2. The molecule has 1 aliphatic heterocycles. The van der Waals surface area contributed by atoms with E-state index in [4.69, 9.17) is 14.2 Å². The van der Waals surface area contributed by atoms with Crippen molar-refractivity contribution in [1.29, 1.82) is 0 Å². The van der Waals surface area contributed by atoms with Crippen LogP contribution >= 0.6 is 11.8 Å². The van der Waals surface area contributed by atoms with Gasteiger partial charge < -0.3 is 19.5 Å². The summed E-state index contributed by atoms with van der Waals surface area (Å²) in [6.45, 7) is 4.33. The highest BCUT2D eigenvalue weighted by Gasteiger charge is 2.25. The Morgan fingerprint density at radius 3 is 2.66 bits per heavy atom. The topological polar surface area (TPSA) is 90.9 Å². The Hall–Kier alpha value is -1.54. The molecule has 0 aromatic rings. The average Bonchev–Trinajstić information content (AvgIpc) is 2.69. The first kappa shape index (κ1) is 25.5. The predicted molar refractivity (Wildman–Crippen MR) is 114 cm³/mol. The first-order valence-corrected chi connectivity index (χ1v) is 11.6. The molecule has 166 valence electrons. The van der Waals surface area contributed by atoms with Crippen LogP contribution in [-0.4, -0.2) is 62.3 Å². The van der Waals surface area contributed by atoms with Crippen LogP contribution in [0.15, 0.2) is 12.2 Å². The van der Waals surface area contributed by atoms with Crippen molar-refractivity contribution in [3.63, 3.8) is 0 Å². The SMILES string of the molecule is CO[C@@H]1COC(=O)[C@@H](CCSC)NC(=O)C/C=C\[C@@H](C)COC(=O)CCC[C@H]1C. The number of thioether (sulfide) groups is 1. The third-order valence-corrected chi connectivity index (χ3v) is 5.52. The lowest BCUT2D eigenvalue weighted by Crippen LogP contribution is -2.43. The fraction of sp³-hybridized carbons (Fsp3) is 0.762. The molecule has 29 heavy (non-hydrogen) atoms. The molecule has 0 saturated heterocycles. The highest BCUT2D eigenvalue weighted by molar-refractivity contribution is 7.98. The number of hydrogen-bond acceptors (Lipinski definition) is 7. The molecule has 1 rings (SSSR count). The summed E-state index contributed by atoms with van der Waals surface area (Å²) in [5.41, 5.74) is 0. The number of hydrogen-bond donors (Lipinski definition) is 1. The third kappa shape index (κ3) is 10.7. The first-order valence-electron chi connectivity index (χ1n) is 10.2. The summed E-state index contributed by atoms with van der Waals surface area (Å²) in [7, 11) is 1.58. The van der Waals surface area contributed by atoms with Crippen LogP contribution in [0.1, 0.15) is 46.0 Å². The van der Waals surface area contributed by atoms with Gasteiger partial charge in [-0.15, -0.1) is 0 Å². The molecule has 0 aromatic carbocycles. The van der Waals surface area contributed by atoms with Gasteiger partial charge in [-0.2, -0.15) is 11.8 Å². The van der Waals surface area contributed by atoms with E-state index >= 15 is 0 Å². The lowest BCUT2D eigenvalue weighted by atomic mass is 9.98. The van der Waals surface area contributed by atoms with E-state index in [1.54, 1.807) is 24.9 Å². The minimum absolute atomic E-state index is 0.0136. The van der Waals surface area contributed by atoms with E-state index in [1.807, 2.05) is 26.2 Å². The van der Waals surface area contributed by atoms with Crippen molar-refractivity contribution < 1.29 is 28.6 Å². The number of ether oxygens (including phenoxy) is 3. The van der Waals surface area contributed by atoms with Gasteiger partial charge in [-0.3, -0.25) is 9.59 Å². The fourth-order valence-corrected chi connectivity index (χ4v) is 3.45. The van der Waals surface area contributed by atoms with Gasteiger partial charge in [0.1, 0.15) is 12.6 Å². The number of methoxy groups -OCH3 is 1. The Morgan fingerprint density at radius 2 is 1.97 bits per heavy atom. The van der Waals surface area contributed by atoms with Crippen LogP contribution in [0.5, 0.6) is 0 Å². The number of nitrogens with one attached hydrogen (secondary N) is 1. The van der Waals surface area contributed by atoms with E-state index in [9.17, 15) is 14.4 Å². The van der Waals surface area contributed by atoms with Crippen LogP contribution in [0.25, 0.3) is 0 Å². The largest absolute Gasteiger partial charge is 0.465 e. The monoisotopic (exact) mass is 429 g/mol. The molecule has 0 saturated carbocycles. The molecule has 1 heterocycles. The minimum Gasteiger partial charge on any atom is -0.465 e. The third-order valence-electron chi connectivity index (χ3n) is 4.87. The van der Waals surface area contributed by atoms with Crippen LogP contribution in [0, 0.1) is 11.8 Å². The molecular weight excluding hydrogens is 394 g/mol. The Kier molecular flexibility index (Phi) is 12.7. The van der Waals surface area contributed by atoms with E-state index in [0.29, 0.717) is 19.3 Å². The molecule has 1 N–H and O–H groups in total. The zero-order valence-electron chi connectivity index (χ0n) is 18.0. The lowest BCUT2D eigenvalue weighted by Gasteiger charge is -2.24. The van der Waals surface area contributed by atoms with E-state index < -0.39 is 12.0 Å². The van der Waals surface area contributed by atoms with Gasteiger partial charge in [0.05, 0.1) is 12.7 Å². The summed E-state index contributed by atoms with van der Waals surface area (Å²) >= 11 is 1.61. The van der Waals surface area contributed by atoms with Gasteiger partial charge in [-0.05, 0) is 37.2 Å². The van der Waals surface area contributed by atoms with E-state index in [-0.39, 0.29) is 49.5 Å². The van der Waals surface area contributed by atoms with E-state index in [1.165, 1.54) is 0 Å². The summed E-state index contributed by atoms with van der Waals surface area (Å²) in [6.07, 6.45) is 7.71. The molecule has 1 aliphatic rings. The molecular formula is C21H35NO6S. The number of carbonyl (C=O) groups is 3. The van der Waals surface area contributed by atoms with E-state index in [2.05, 4.69) is 5.32 Å². The molecule has 8 heteroatoms. The second kappa shape index (κ2) is 14.4. The number of amides is 1. The van der Waals surface area contributed by atoms with Crippen molar-refractivity contribution in [3.05, 3.63) is 12.2 Å². The van der Waals surface area contributed by atoms with Crippen LogP contribution in [0.4, 0.5) is 0 Å². The van der Waals surface area contributed by atoms with Crippen molar-refractivity contribution in [1.82, 2.24) is 5.32 Å². The second-order valence-corrected chi connectivity index (χ2v) is 8.45. The fourth-order valence-electron chi connectivity index (χ4n) is 2.98.